The van der Waals surface area contributed by atoms with Crippen molar-refractivity contribution >= 4 is 38.4 Å². The molecule has 1 N–H and O–H groups in total. The summed E-state index contributed by atoms with van der Waals surface area (Å²) in [6.07, 6.45) is 0. The molecule has 0 saturated carbocycles. The molecule has 2 aromatic rings. The molecule has 5 heteroatoms. The van der Waals surface area contributed by atoms with Gasteiger partial charge in [-0.3, -0.25) is 4.79 Å². The Morgan fingerprint density at radius 1 is 1.50 bits per heavy atom. The molecule has 1 heterocycles. The molecule has 0 aliphatic carbocycles. The van der Waals surface area contributed by atoms with Crippen molar-refractivity contribution in [2.45, 2.75) is 5.33 Å². The van der Waals surface area contributed by atoms with Crippen LogP contribution in [0.3, 0.4) is 0 Å². The molecule has 1 aromatic heterocycles. The molecular formula is C9H6BrClN2O. The zero-order chi connectivity index (χ0) is 10.1. The first kappa shape index (κ1) is 9.68. The summed E-state index contributed by atoms with van der Waals surface area (Å²) in [6.45, 7) is 0. The van der Waals surface area contributed by atoms with E-state index in [0.29, 0.717) is 27.1 Å². The molecule has 0 atom stereocenters. The van der Waals surface area contributed by atoms with Crippen LogP contribution in [0.2, 0.25) is 5.02 Å². The third-order valence-electron chi connectivity index (χ3n) is 1.84. The summed E-state index contributed by atoms with van der Waals surface area (Å²) in [6, 6.07) is 5.02. The highest BCUT2D eigenvalue weighted by molar-refractivity contribution is 9.08. The van der Waals surface area contributed by atoms with Gasteiger partial charge in [-0.15, -0.1) is 0 Å². The van der Waals surface area contributed by atoms with Crippen LogP contribution < -0.4 is 5.56 Å². The van der Waals surface area contributed by atoms with Gasteiger partial charge < -0.3 is 4.98 Å². The second kappa shape index (κ2) is 3.71. The first-order chi connectivity index (χ1) is 6.70. The van der Waals surface area contributed by atoms with Crippen LogP contribution in [-0.4, -0.2) is 9.97 Å². The fourth-order valence-corrected chi connectivity index (χ4v) is 1.66. The van der Waals surface area contributed by atoms with Crippen molar-refractivity contribution < 1.29 is 0 Å². The maximum Gasteiger partial charge on any atom is 0.258 e. The summed E-state index contributed by atoms with van der Waals surface area (Å²) < 4.78 is 0. The van der Waals surface area contributed by atoms with Gasteiger partial charge in [-0.2, -0.15) is 0 Å². The first-order valence-corrected chi connectivity index (χ1v) is 5.45. The molecule has 0 aliphatic rings. The highest BCUT2D eigenvalue weighted by atomic mass is 79.9. The molecule has 0 aliphatic heterocycles. The summed E-state index contributed by atoms with van der Waals surface area (Å²) in [5.74, 6) is 0.602. The number of fused-ring (bicyclic) bond motifs is 1. The van der Waals surface area contributed by atoms with Gasteiger partial charge in [0.25, 0.3) is 5.56 Å². The first-order valence-electron chi connectivity index (χ1n) is 3.95. The van der Waals surface area contributed by atoms with Crippen molar-refractivity contribution in [1.29, 1.82) is 0 Å². The second-order valence-electron chi connectivity index (χ2n) is 2.81. The van der Waals surface area contributed by atoms with Crippen molar-refractivity contribution in [1.82, 2.24) is 9.97 Å². The molecule has 2 rings (SSSR count). The van der Waals surface area contributed by atoms with Crippen LogP contribution in [-0.2, 0) is 5.33 Å². The third-order valence-corrected chi connectivity index (χ3v) is 2.61. The molecule has 0 spiro atoms. The summed E-state index contributed by atoms with van der Waals surface area (Å²) in [5, 5.41) is 1.65. The van der Waals surface area contributed by atoms with Gasteiger partial charge in [0, 0.05) is 5.02 Å². The number of hydrogen-bond donors (Lipinski definition) is 1. The van der Waals surface area contributed by atoms with Gasteiger partial charge in [0.05, 0.1) is 16.2 Å². The minimum Gasteiger partial charge on any atom is -0.309 e. The van der Waals surface area contributed by atoms with Gasteiger partial charge in [-0.05, 0) is 18.2 Å². The summed E-state index contributed by atoms with van der Waals surface area (Å²) >= 11 is 9.03. The zero-order valence-corrected chi connectivity index (χ0v) is 9.39. The molecule has 0 radical (unpaired) electrons. The lowest BCUT2D eigenvalue weighted by molar-refractivity contribution is 1.05. The number of aromatic nitrogens is 2. The van der Waals surface area contributed by atoms with Crippen LogP contribution in [0.25, 0.3) is 10.9 Å². The maximum absolute atomic E-state index is 11.5. The molecule has 0 unspecified atom stereocenters. The molecule has 72 valence electrons. The number of halogens is 2. The lowest BCUT2D eigenvalue weighted by Crippen LogP contribution is -2.10. The predicted molar refractivity (Wildman–Crippen MR) is 60.0 cm³/mol. The Morgan fingerprint density at radius 3 is 3.00 bits per heavy atom. The van der Waals surface area contributed by atoms with E-state index in [1.807, 2.05) is 0 Å². The van der Waals surface area contributed by atoms with Gasteiger partial charge in [0.2, 0.25) is 0 Å². The SMILES string of the molecule is O=c1[nH]c(CBr)nc2cc(Cl)ccc12. The molecule has 0 amide bonds. The van der Waals surface area contributed by atoms with Crippen molar-refractivity contribution in [3.05, 3.63) is 39.4 Å². The largest absolute Gasteiger partial charge is 0.309 e. The Labute approximate surface area is 93.2 Å². The lowest BCUT2D eigenvalue weighted by Gasteiger charge is -1.99. The molecule has 14 heavy (non-hydrogen) atoms. The van der Waals surface area contributed by atoms with E-state index < -0.39 is 0 Å². The fourth-order valence-electron chi connectivity index (χ4n) is 1.22. The van der Waals surface area contributed by atoms with Crippen LogP contribution >= 0.6 is 27.5 Å². The summed E-state index contributed by atoms with van der Waals surface area (Å²) in [4.78, 5) is 18.4. The van der Waals surface area contributed by atoms with Crippen LogP contribution in [0.1, 0.15) is 5.82 Å². The molecule has 3 nitrogen and oxygen atoms in total. The van der Waals surface area contributed by atoms with Crippen LogP contribution in [0.15, 0.2) is 23.0 Å². The van der Waals surface area contributed by atoms with Crippen molar-refractivity contribution in [2.75, 3.05) is 0 Å². The Morgan fingerprint density at radius 2 is 2.29 bits per heavy atom. The second-order valence-corrected chi connectivity index (χ2v) is 3.80. The number of nitrogens with one attached hydrogen (secondary N) is 1. The van der Waals surface area contributed by atoms with E-state index >= 15 is 0 Å². The zero-order valence-electron chi connectivity index (χ0n) is 7.05. The molecule has 0 bridgehead atoms. The number of alkyl halides is 1. The Balaban J connectivity index is 2.84. The van der Waals surface area contributed by atoms with Crippen LogP contribution in [0, 0.1) is 0 Å². The number of rotatable bonds is 1. The standard InChI is InChI=1S/C9H6BrClN2O/c10-4-8-12-7-3-5(11)1-2-6(7)9(14)13-8/h1-3H,4H2,(H,12,13,14). The van der Waals surface area contributed by atoms with Crippen molar-refractivity contribution in [2.24, 2.45) is 0 Å². The van der Waals surface area contributed by atoms with Crippen LogP contribution in [0.5, 0.6) is 0 Å². The summed E-state index contributed by atoms with van der Waals surface area (Å²) in [5.41, 5.74) is 0.483. The van der Waals surface area contributed by atoms with E-state index in [4.69, 9.17) is 11.6 Å². The van der Waals surface area contributed by atoms with E-state index in [9.17, 15) is 4.79 Å². The number of nitrogens with zero attached hydrogens (tertiary/aromatic N) is 1. The van der Waals surface area contributed by atoms with Crippen molar-refractivity contribution in [3.8, 4) is 0 Å². The number of aromatic amines is 1. The van der Waals surface area contributed by atoms with E-state index in [2.05, 4.69) is 25.9 Å². The van der Waals surface area contributed by atoms with E-state index in [-0.39, 0.29) is 5.56 Å². The normalized spacial score (nSPS) is 10.7. The minimum absolute atomic E-state index is 0.138. The monoisotopic (exact) mass is 272 g/mol. The number of hydrogen-bond acceptors (Lipinski definition) is 2. The van der Waals surface area contributed by atoms with E-state index in [1.54, 1.807) is 18.2 Å². The molecular weight excluding hydrogens is 267 g/mol. The van der Waals surface area contributed by atoms with Crippen molar-refractivity contribution in [3.63, 3.8) is 0 Å². The lowest BCUT2D eigenvalue weighted by atomic mass is 10.2. The third kappa shape index (κ3) is 1.67. The van der Waals surface area contributed by atoms with Gasteiger partial charge >= 0.3 is 0 Å². The van der Waals surface area contributed by atoms with E-state index in [0.717, 1.165) is 0 Å². The number of H-pyrrole nitrogens is 1. The van der Waals surface area contributed by atoms with Gasteiger partial charge in [0.1, 0.15) is 5.82 Å². The predicted octanol–water partition coefficient (Wildman–Crippen LogP) is 2.47. The van der Waals surface area contributed by atoms with Gasteiger partial charge in [0.15, 0.2) is 0 Å². The van der Waals surface area contributed by atoms with E-state index in [1.165, 1.54) is 0 Å². The minimum atomic E-state index is -0.138. The number of benzene rings is 1. The Hall–Kier alpha value is -0.870. The topological polar surface area (TPSA) is 45.8 Å². The smallest absolute Gasteiger partial charge is 0.258 e. The van der Waals surface area contributed by atoms with Gasteiger partial charge in [-0.1, -0.05) is 27.5 Å². The fraction of sp³-hybridized carbons (Fsp3) is 0.111. The summed E-state index contributed by atoms with van der Waals surface area (Å²) in [7, 11) is 0. The highest BCUT2D eigenvalue weighted by Crippen LogP contribution is 2.14. The average Bonchev–Trinajstić information content (AvgIpc) is 2.16. The average molecular weight is 274 g/mol. The highest BCUT2D eigenvalue weighted by Gasteiger charge is 2.02. The maximum atomic E-state index is 11.5. The molecule has 1 aromatic carbocycles. The van der Waals surface area contributed by atoms with Crippen LogP contribution in [0.4, 0.5) is 0 Å². The molecule has 0 saturated heterocycles. The Kier molecular flexibility index (Phi) is 2.56. The molecule has 0 fully saturated rings. The Bertz CT molecular complexity index is 538. The van der Waals surface area contributed by atoms with Gasteiger partial charge in [-0.25, -0.2) is 4.98 Å². The quantitative estimate of drug-likeness (QED) is 0.811.